The second-order valence-electron chi connectivity index (χ2n) is 5.58. The van der Waals surface area contributed by atoms with Crippen molar-refractivity contribution in [3.05, 3.63) is 47.5 Å². The smallest absolute Gasteiger partial charge is 0.278 e. The molecule has 3 heterocycles. The average molecular weight is 349 g/mol. The highest BCUT2D eigenvalue weighted by molar-refractivity contribution is 5.85. The average Bonchev–Trinajstić information content (AvgIpc) is 3.18. The Labute approximate surface area is 138 Å². The van der Waals surface area contributed by atoms with Crippen molar-refractivity contribution < 1.29 is 17.6 Å². The van der Waals surface area contributed by atoms with Gasteiger partial charge in [0, 0.05) is 5.39 Å². The van der Waals surface area contributed by atoms with E-state index in [2.05, 4.69) is 20.2 Å². The second kappa shape index (κ2) is 5.54. The number of aromatic nitrogens is 5. The molecule has 0 unspecified atom stereocenters. The number of halogens is 4. The molecule has 0 radical (unpaired) electrons. The van der Waals surface area contributed by atoms with Crippen molar-refractivity contribution >= 4 is 22.1 Å². The van der Waals surface area contributed by atoms with Crippen molar-refractivity contribution in [2.45, 2.75) is 19.8 Å². The fraction of sp³-hybridized carbons (Fsp3) is 0.188. The van der Waals surface area contributed by atoms with Gasteiger partial charge >= 0.3 is 0 Å². The lowest BCUT2D eigenvalue weighted by molar-refractivity contribution is 0.139. The van der Waals surface area contributed by atoms with Crippen LogP contribution in [0.3, 0.4) is 0 Å². The highest BCUT2D eigenvalue weighted by atomic mass is 19.3. The zero-order valence-electron chi connectivity index (χ0n) is 12.8. The van der Waals surface area contributed by atoms with E-state index < -0.39 is 24.4 Å². The molecule has 0 fully saturated rings. The molecular formula is C16H11F4N5. The van der Waals surface area contributed by atoms with Gasteiger partial charge in [0.1, 0.15) is 11.2 Å². The molecule has 0 aliphatic heterocycles. The van der Waals surface area contributed by atoms with Crippen LogP contribution in [0.2, 0.25) is 0 Å². The van der Waals surface area contributed by atoms with E-state index in [1.54, 1.807) is 25.3 Å². The summed E-state index contributed by atoms with van der Waals surface area (Å²) in [5, 5.41) is 7.46. The lowest BCUT2D eigenvalue weighted by atomic mass is 10.1. The van der Waals surface area contributed by atoms with Gasteiger partial charge in [-0.1, -0.05) is 0 Å². The number of alkyl halides is 4. The predicted octanol–water partition coefficient (Wildman–Crippen LogP) is 4.48. The Hall–Kier alpha value is -2.97. The monoisotopic (exact) mass is 349 g/mol. The van der Waals surface area contributed by atoms with Crippen molar-refractivity contribution in [3.63, 3.8) is 0 Å². The molecule has 0 saturated heterocycles. The van der Waals surface area contributed by atoms with Gasteiger partial charge in [0.25, 0.3) is 12.9 Å². The number of fused-ring (bicyclic) bond motifs is 2. The minimum Gasteiger partial charge on any atom is -0.278 e. The number of hydrogen-bond donors (Lipinski definition) is 1. The topological polar surface area (TPSA) is 59.4 Å². The molecule has 4 aromatic rings. The van der Waals surface area contributed by atoms with Gasteiger partial charge in [-0.15, -0.1) is 0 Å². The van der Waals surface area contributed by atoms with Crippen LogP contribution >= 0.6 is 0 Å². The maximum atomic E-state index is 13.5. The van der Waals surface area contributed by atoms with Gasteiger partial charge in [-0.2, -0.15) is 5.10 Å². The Bertz CT molecular complexity index is 1080. The third-order valence-corrected chi connectivity index (χ3v) is 3.96. The fourth-order valence-corrected chi connectivity index (χ4v) is 2.86. The van der Waals surface area contributed by atoms with E-state index in [4.69, 9.17) is 0 Å². The third-order valence-electron chi connectivity index (χ3n) is 3.96. The molecule has 0 spiro atoms. The van der Waals surface area contributed by atoms with Gasteiger partial charge in [0.05, 0.1) is 17.4 Å². The number of hydrogen-bond acceptors (Lipinski definition) is 3. The lowest BCUT2D eigenvalue weighted by Crippen LogP contribution is -2.04. The van der Waals surface area contributed by atoms with E-state index >= 15 is 0 Å². The summed E-state index contributed by atoms with van der Waals surface area (Å²) in [5.74, 6) is -0.545. The molecule has 1 aromatic carbocycles. The van der Waals surface area contributed by atoms with Crippen LogP contribution in [0.25, 0.3) is 27.8 Å². The highest BCUT2D eigenvalue weighted by Crippen LogP contribution is 2.30. The number of aromatic amines is 1. The summed E-state index contributed by atoms with van der Waals surface area (Å²) in [5.41, 5.74) is 1.52. The summed E-state index contributed by atoms with van der Waals surface area (Å²) in [6.45, 7) is 1.79. The van der Waals surface area contributed by atoms with E-state index in [1.165, 1.54) is 6.07 Å². The van der Waals surface area contributed by atoms with Crippen molar-refractivity contribution in [1.29, 1.82) is 0 Å². The van der Waals surface area contributed by atoms with Crippen LogP contribution in [0.4, 0.5) is 17.6 Å². The molecule has 5 nitrogen and oxygen atoms in total. The van der Waals surface area contributed by atoms with Gasteiger partial charge in [0.15, 0.2) is 11.5 Å². The number of nitrogens with one attached hydrogen (secondary N) is 1. The number of benzene rings is 1. The first kappa shape index (κ1) is 15.6. The molecule has 9 heteroatoms. The van der Waals surface area contributed by atoms with Crippen molar-refractivity contribution in [2.75, 3.05) is 0 Å². The molecule has 0 amide bonds. The Morgan fingerprint density at radius 1 is 1.04 bits per heavy atom. The maximum absolute atomic E-state index is 13.5. The minimum absolute atomic E-state index is 0.0321. The second-order valence-corrected chi connectivity index (χ2v) is 5.58. The van der Waals surface area contributed by atoms with E-state index in [1.807, 2.05) is 0 Å². The molecular weight excluding hydrogens is 338 g/mol. The quantitative estimate of drug-likeness (QED) is 0.555. The van der Waals surface area contributed by atoms with E-state index in [0.717, 1.165) is 21.7 Å². The number of rotatable bonds is 3. The molecule has 25 heavy (non-hydrogen) atoms. The minimum atomic E-state index is -2.88. The molecule has 0 aliphatic carbocycles. The largest absolute Gasteiger partial charge is 0.296 e. The summed E-state index contributed by atoms with van der Waals surface area (Å²) >= 11 is 0. The van der Waals surface area contributed by atoms with E-state index in [0.29, 0.717) is 11.1 Å². The number of pyridine rings is 1. The van der Waals surface area contributed by atoms with Crippen molar-refractivity contribution in [2.24, 2.45) is 0 Å². The maximum Gasteiger partial charge on any atom is 0.296 e. The van der Waals surface area contributed by atoms with Gasteiger partial charge in [0.2, 0.25) is 0 Å². The number of aryl methyl sites for hydroxylation is 1. The lowest BCUT2D eigenvalue weighted by Gasteiger charge is -2.10. The Morgan fingerprint density at radius 2 is 1.84 bits per heavy atom. The van der Waals surface area contributed by atoms with E-state index in [9.17, 15) is 17.6 Å². The summed E-state index contributed by atoms with van der Waals surface area (Å²) in [6.07, 6.45) is -4.13. The Kier molecular flexibility index (Phi) is 3.45. The molecule has 0 saturated carbocycles. The predicted molar refractivity (Wildman–Crippen MR) is 83.2 cm³/mol. The zero-order valence-corrected chi connectivity index (χ0v) is 12.8. The van der Waals surface area contributed by atoms with Gasteiger partial charge < -0.3 is 0 Å². The first-order valence-electron chi connectivity index (χ1n) is 7.35. The van der Waals surface area contributed by atoms with Crippen LogP contribution in [0.15, 0.2) is 30.5 Å². The van der Waals surface area contributed by atoms with Gasteiger partial charge in [-0.05, 0) is 36.8 Å². The number of nitrogens with zero attached hydrogens (tertiary/aromatic N) is 4. The van der Waals surface area contributed by atoms with Crippen LogP contribution in [-0.2, 0) is 0 Å². The molecule has 1 N–H and O–H groups in total. The summed E-state index contributed by atoms with van der Waals surface area (Å²) < 4.78 is 54.0. The molecule has 0 bridgehead atoms. The highest BCUT2D eigenvalue weighted by Gasteiger charge is 2.23. The van der Waals surface area contributed by atoms with E-state index in [-0.39, 0.29) is 11.2 Å². The van der Waals surface area contributed by atoms with Crippen LogP contribution in [0.5, 0.6) is 0 Å². The molecule has 3 aromatic heterocycles. The first-order chi connectivity index (χ1) is 12.0. The van der Waals surface area contributed by atoms with Crippen molar-refractivity contribution in [3.8, 4) is 5.69 Å². The summed E-state index contributed by atoms with van der Waals surface area (Å²) in [4.78, 5) is 7.71. The van der Waals surface area contributed by atoms with Gasteiger partial charge in [-0.3, -0.25) is 9.67 Å². The van der Waals surface area contributed by atoms with Crippen LogP contribution in [-0.4, -0.2) is 24.7 Å². The molecule has 128 valence electrons. The van der Waals surface area contributed by atoms with Crippen LogP contribution in [0.1, 0.15) is 29.9 Å². The molecule has 0 aliphatic rings. The summed E-state index contributed by atoms with van der Waals surface area (Å²) in [6, 6.07) is 5.65. The van der Waals surface area contributed by atoms with Crippen LogP contribution < -0.4 is 0 Å². The fourth-order valence-electron chi connectivity index (χ4n) is 2.86. The van der Waals surface area contributed by atoms with Gasteiger partial charge in [-0.25, -0.2) is 27.5 Å². The third kappa shape index (κ3) is 2.43. The SMILES string of the molecule is Cc1cc(-n2c(C(F)F)nc3ccc(C(F)F)nc32)cc2cn[nH]c12. The zero-order chi connectivity index (χ0) is 17.7. The summed E-state index contributed by atoms with van der Waals surface area (Å²) in [7, 11) is 0. The first-order valence-corrected chi connectivity index (χ1v) is 7.35. The number of H-pyrrole nitrogens is 1. The molecule has 0 atom stereocenters. The normalized spacial score (nSPS) is 12.1. The van der Waals surface area contributed by atoms with Crippen LogP contribution in [0, 0.1) is 6.92 Å². The Balaban J connectivity index is 2.05. The number of imidazole rings is 1. The van der Waals surface area contributed by atoms with Crippen molar-refractivity contribution in [1.82, 2.24) is 24.7 Å². The molecule has 4 rings (SSSR count). The Morgan fingerprint density at radius 3 is 2.56 bits per heavy atom. The standard InChI is InChI=1S/C16H11F4N5/c1-7-4-9(5-8-6-21-24-12(7)8)25-15-11(23-16(25)14(19)20)3-2-10(22-15)13(17)18/h2-6,13-14H,1H3,(H,21,24).